The molecule has 0 saturated heterocycles. The molecule has 2 aliphatic rings. The first kappa shape index (κ1) is 33.0. The van der Waals surface area contributed by atoms with Crippen LogP contribution in [0.4, 0.5) is 0 Å². The summed E-state index contributed by atoms with van der Waals surface area (Å²) >= 11 is 1.82. The van der Waals surface area contributed by atoms with Gasteiger partial charge in [0.25, 0.3) is 0 Å². The van der Waals surface area contributed by atoms with E-state index in [4.69, 9.17) is 9.41 Å². The highest BCUT2D eigenvalue weighted by molar-refractivity contribution is 8.03. The lowest BCUT2D eigenvalue weighted by molar-refractivity contribution is 0.669. The molecule has 1 atom stereocenters. The van der Waals surface area contributed by atoms with Crippen LogP contribution in [0.5, 0.6) is 0 Å². The average molecular weight is 759 g/mol. The average Bonchev–Trinajstić information content (AvgIpc) is 3.87. The molecule has 272 valence electrons. The lowest BCUT2D eigenvalue weighted by atomic mass is 9.92. The van der Waals surface area contributed by atoms with Crippen LogP contribution in [-0.2, 0) is 0 Å². The number of benzene rings is 9. The van der Waals surface area contributed by atoms with E-state index in [1.54, 1.807) is 0 Å². The van der Waals surface area contributed by atoms with Crippen LogP contribution < -0.4 is 5.32 Å². The van der Waals surface area contributed by atoms with Crippen molar-refractivity contribution in [3.8, 4) is 33.4 Å². The first-order valence-corrected chi connectivity index (χ1v) is 20.5. The second-order valence-corrected chi connectivity index (χ2v) is 16.2. The minimum atomic E-state index is 0.00749. The number of hydrogen-bond donors (Lipinski definition) is 1. The smallest absolute Gasteiger partial charge is 0.136 e. The zero-order valence-electron chi connectivity index (χ0n) is 31.3. The quantitative estimate of drug-likeness (QED) is 0.178. The molecule has 0 saturated carbocycles. The standard InChI is InChI=1S/C54H34N2OS/c1-2-11-33(12-3-1)34-23-27-37(28-24-34)51-53-52(44-17-8-9-20-49(44)58-53)56-54(55-51)45-18-10-19-47-50(45)43-30-29-38(32-48(43)57-47)35-21-25-36(26-22-35)46-31-39-13-4-5-14-40(39)41-15-6-7-16-42(41)46/h1-32,52H,(H,55,56). The van der Waals surface area contributed by atoms with Gasteiger partial charge in [-0.05, 0) is 90.8 Å². The van der Waals surface area contributed by atoms with E-state index in [-0.39, 0.29) is 6.04 Å². The highest BCUT2D eigenvalue weighted by Gasteiger charge is 2.35. The van der Waals surface area contributed by atoms with Crippen LogP contribution in [0.2, 0.25) is 0 Å². The molecule has 12 rings (SSSR count). The summed E-state index contributed by atoms with van der Waals surface area (Å²) < 4.78 is 6.64. The van der Waals surface area contributed by atoms with E-state index in [0.29, 0.717) is 0 Å². The van der Waals surface area contributed by atoms with Crippen LogP contribution >= 0.6 is 11.8 Å². The van der Waals surface area contributed by atoms with Crippen molar-refractivity contribution in [3.63, 3.8) is 0 Å². The number of fused-ring (bicyclic) bond motifs is 9. The summed E-state index contributed by atoms with van der Waals surface area (Å²) in [5.74, 6) is 0.849. The van der Waals surface area contributed by atoms with E-state index in [0.717, 1.165) is 55.7 Å². The number of nitrogens with one attached hydrogen (secondary N) is 1. The van der Waals surface area contributed by atoms with Crippen molar-refractivity contribution in [1.82, 2.24) is 5.32 Å². The number of hydrogen-bond acceptors (Lipinski definition) is 4. The Bertz CT molecular complexity index is 3320. The van der Waals surface area contributed by atoms with Crippen molar-refractivity contribution >= 4 is 66.8 Å². The highest BCUT2D eigenvalue weighted by Crippen LogP contribution is 2.52. The molecule has 4 heteroatoms. The first-order valence-electron chi connectivity index (χ1n) is 19.7. The maximum atomic E-state index is 6.64. The molecular formula is C54H34N2OS. The molecular weight excluding hydrogens is 725 g/mol. The van der Waals surface area contributed by atoms with Gasteiger partial charge in [0, 0.05) is 31.7 Å². The van der Waals surface area contributed by atoms with Gasteiger partial charge in [0.1, 0.15) is 17.0 Å². The van der Waals surface area contributed by atoms with Gasteiger partial charge in [0.2, 0.25) is 0 Å². The fourth-order valence-corrected chi connectivity index (χ4v) is 10.2. The summed E-state index contributed by atoms with van der Waals surface area (Å²) in [5, 5.41) is 11.1. The number of amidine groups is 1. The predicted octanol–water partition coefficient (Wildman–Crippen LogP) is 14.5. The minimum Gasteiger partial charge on any atom is -0.456 e. The highest BCUT2D eigenvalue weighted by atomic mass is 32.2. The van der Waals surface area contributed by atoms with Crippen LogP contribution in [0.1, 0.15) is 22.7 Å². The molecule has 2 aliphatic heterocycles. The Kier molecular flexibility index (Phi) is 7.54. The van der Waals surface area contributed by atoms with Crippen molar-refractivity contribution in [2.75, 3.05) is 0 Å². The number of furan rings is 1. The van der Waals surface area contributed by atoms with Crippen LogP contribution in [0.3, 0.4) is 0 Å². The molecule has 10 aromatic rings. The second kappa shape index (κ2) is 13.2. The van der Waals surface area contributed by atoms with Gasteiger partial charge in [0.05, 0.1) is 11.7 Å². The van der Waals surface area contributed by atoms with Crippen molar-refractivity contribution < 1.29 is 4.42 Å². The lowest BCUT2D eigenvalue weighted by Crippen LogP contribution is -2.32. The topological polar surface area (TPSA) is 37.5 Å². The number of thioether (sulfide) groups is 1. The Balaban J connectivity index is 0.927. The van der Waals surface area contributed by atoms with E-state index in [2.05, 4.69) is 199 Å². The molecule has 3 nitrogen and oxygen atoms in total. The summed E-state index contributed by atoms with van der Waals surface area (Å²) in [5.41, 5.74) is 13.2. The zero-order chi connectivity index (χ0) is 38.2. The summed E-state index contributed by atoms with van der Waals surface area (Å²) in [6.07, 6.45) is 0. The molecule has 0 amide bonds. The van der Waals surface area contributed by atoms with Gasteiger partial charge in [-0.15, -0.1) is 0 Å². The van der Waals surface area contributed by atoms with Crippen LogP contribution in [0.25, 0.3) is 82.6 Å². The Morgan fingerprint density at radius 3 is 1.95 bits per heavy atom. The van der Waals surface area contributed by atoms with E-state index in [1.165, 1.54) is 59.2 Å². The fraction of sp³-hybridized carbons (Fsp3) is 0.0185. The summed E-state index contributed by atoms with van der Waals surface area (Å²) in [6.45, 7) is 0. The normalized spacial score (nSPS) is 14.8. The minimum absolute atomic E-state index is 0.00749. The van der Waals surface area contributed by atoms with Crippen molar-refractivity contribution in [2.45, 2.75) is 10.9 Å². The second-order valence-electron chi connectivity index (χ2n) is 15.1. The van der Waals surface area contributed by atoms with Gasteiger partial charge in [-0.1, -0.05) is 176 Å². The lowest BCUT2D eigenvalue weighted by Gasteiger charge is -2.25. The van der Waals surface area contributed by atoms with Gasteiger partial charge in [-0.3, -0.25) is 0 Å². The van der Waals surface area contributed by atoms with E-state index in [1.807, 2.05) is 11.8 Å². The van der Waals surface area contributed by atoms with Crippen LogP contribution in [0.15, 0.2) is 213 Å². The molecule has 0 bridgehead atoms. The molecule has 0 spiro atoms. The third-order valence-corrected chi connectivity index (χ3v) is 13.0. The summed E-state index contributed by atoms with van der Waals surface area (Å²) in [4.78, 5) is 7.94. The predicted molar refractivity (Wildman–Crippen MR) is 243 cm³/mol. The number of rotatable bonds is 5. The molecule has 1 aromatic heterocycles. The van der Waals surface area contributed by atoms with Crippen molar-refractivity contribution in [3.05, 3.63) is 216 Å². The maximum absolute atomic E-state index is 6.64. The van der Waals surface area contributed by atoms with Gasteiger partial charge in [-0.25, -0.2) is 4.99 Å². The molecule has 1 unspecified atom stereocenters. The summed E-state index contributed by atoms with van der Waals surface area (Å²) in [7, 11) is 0. The molecule has 0 fully saturated rings. The molecule has 0 aliphatic carbocycles. The van der Waals surface area contributed by atoms with Crippen LogP contribution in [-0.4, -0.2) is 5.84 Å². The van der Waals surface area contributed by atoms with Gasteiger partial charge in [-0.2, -0.15) is 0 Å². The molecule has 58 heavy (non-hydrogen) atoms. The third kappa shape index (κ3) is 5.33. The van der Waals surface area contributed by atoms with Gasteiger partial charge in [0.15, 0.2) is 0 Å². The molecule has 0 radical (unpaired) electrons. The van der Waals surface area contributed by atoms with E-state index in [9.17, 15) is 0 Å². The molecule has 3 heterocycles. The Labute approximate surface area is 340 Å². The monoisotopic (exact) mass is 758 g/mol. The van der Waals surface area contributed by atoms with Gasteiger partial charge < -0.3 is 9.73 Å². The zero-order valence-corrected chi connectivity index (χ0v) is 32.1. The Morgan fingerprint density at radius 1 is 0.448 bits per heavy atom. The SMILES string of the molecule is c1ccc(-c2ccc(C3=C4Sc5ccccc5C4NC(c4cccc5oc6cc(-c7ccc(-c8cc9ccccc9c9ccccc89)cc7)ccc6c45)=N3)cc2)cc1. The van der Waals surface area contributed by atoms with Crippen molar-refractivity contribution in [2.24, 2.45) is 4.99 Å². The van der Waals surface area contributed by atoms with Crippen molar-refractivity contribution in [1.29, 1.82) is 0 Å². The number of nitrogens with zero attached hydrogens (tertiary/aromatic N) is 1. The summed E-state index contributed by atoms with van der Waals surface area (Å²) in [6, 6.07) is 69.6. The fourth-order valence-electron chi connectivity index (χ4n) is 8.93. The molecule has 1 N–H and O–H groups in total. The Hall–Kier alpha value is -7.14. The van der Waals surface area contributed by atoms with E-state index < -0.39 is 0 Å². The third-order valence-electron chi connectivity index (χ3n) is 11.8. The largest absolute Gasteiger partial charge is 0.456 e. The van der Waals surface area contributed by atoms with Gasteiger partial charge >= 0.3 is 0 Å². The number of aliphatic imine (C=N–C) groups is 1. The van der Waals surface area contributed by atoms with E-state index >= 15 is 0 Å². The Morgan fingerprint density at radius 2 is 1.10 bits per heavy atom. The first-order chi connectivity index (χ1) is 28.7. The van der Waals surface area contributed by atoms with Crippen LogP contribution in [0, 0.1) is 0 Å². The molecule has 9 aromatic carbocycles. The maximum Gasteiger partial charge on any atom is 0.136 e.